The van der Waals surface area contributed by atoms with Gasteiger partial charge >= 0.3 is 0 Å². The van der Waals surface area contributed by atoms with E-state index in [1.54, 1.807) is 0 Å². The number of hydrogen-bond donors (Lipinski definition) is 1. The minimum absolute atomic E-state index is 0.240. The highest BCUT2D eigenvalue weighted by Crippen LogP contribution is 2.29. The van der Waals surface area contributed by atoms with Gasteiger partial charge < -0.3 is 9.88 Å². The van der Waals surface area contributed by atoms with Crippen molar-refractivity contribution in [1.29, 1.82) is 0 Å². The summed E-state index contributed by atoms with van der Waals surface area (Å²) in [4.78, 5) is 4.55. The Kier molecular flexibility index (Phi) is 4.74. The molecule has 0 bridgehead atoms. The molecule has 0 radical (unpaired) electrons. The molecule has 0 aliphatic rings. The fourth-order valence-corrected chi connectivity index (χ4v) is 2.58. The number of hydrogen-bond acceptors (Lipinski definition) is 2. The number of likely N-dealkylation sites (N-methyl/N-ethyl adjacent to an activating group) is 1. The molecule has 1 N–H and O–H groups in total. The zero-order chi connectivity index (χ0) is 13.7. The minimum Gasteiger partial charge on any atom is -0.334 e. The van der Waals surface area contributed by atoms with Crippen LogP contribution in [0.4, 0.5) is 0 Å². The summed E-state index contributed by atoms with van der Waals surface area (Å²) >= 11 is 0. The first-order chi connectivity index (χ1) is 9.27. The summed E-state index contributed by atoms with van der Waals surface area (Å²) in [7, 11) is 2.01. The Labute approximate surface area is 115 Å². The summed E-state index contributed by atoms with van der Waals surface area (Å²) in [5.41, 5.74) is 1.34. The molecule has 1 aromatic carbocycles. The Hall–Kier alpha value is -1.61. The number of aryl methyl sites for hydroxylation is 1. The van der Waals surface area contributed by atoms with Crippen LogP contribution in [0.1, 0.15) is 43.6 Å². The van der Waals surface area contributed by atoms with Gasteiger partial charge in [0.1, 0.15) is 5.82 Å². The van der Waals surface area contributed by atoms with Gasteiger partial charge in [-0.2, -0.15) is 0 Å². The standard InChI is InChI=1S/C16H23N3/c1-4-11-19-12-10-18-16(19)15(17-3)13(2)14-8-6-5-7-9-14/h5-10,12-13,15,17H,4,11H2,1-3H3. The Morgan fingerprint density at radius 1 is 1.26 bits per heavy atom. The van der Waals surface area contributed by atoms with Gasteiger partial charge in [-0.05, 0) is 19.0 Å². The van der Waals surface area contributed by atoms with E-state index in [4.69, 9.17) is 0 Å². The van der Waals surface area contributed by atoms with Crippen molar-refractivity contribution in [2.24, 2.45) is 0 Å². The van der Waals surface area contributed by atoms with Crippen LogP contribution < -0.4 is 5.32 Å². The molecular formula is C16H23N3. The maximum absolute atomic E-state index is 4.55. The minimum atomic E-state index is 0.240. The normalized spacial score (nSPS) is 14.3. The summed E-state index contributed by atoms with van der Waals surface area (Å²) < 4.78 is 2.25. The molecule has 2 unspecified atom stereocenters. The molecule has 102 valence electrons. The molecule has 19 heavy (non-hydrogen) atoms. The molecule has 0 saturated heterocycles. The van der Waals surface area contributed by atoms with Gasteiger partial charge in [-0.1, -0.05) is 44.2 Å². The van der Waals surface area contributed by atoms with E-state index in [0.717, 1.165) is 18.8 Å². The predicted octanol–water partition coefficient (Wildman–Crippen LogP) is 3.36. The summed E-state index contributed by atoms with van der Waals surface area (Å²) in [5.74, 6) is 1.52. The molecule has 2 aromatic rings. The smallest absolute Gasteiger partial charge is 0.126 e. The van der Waals surface area contributed by atoms with E-state index in [-0.39, 0.29) is 6.04 Å². The van der Waals surface area contributed by atoms with Crippen LogP contribution in [-0.2, 0) is 6.54 Å². The second kappa shape index (κ2) is 6.53. The Balaban J connectivity index is 2.26. The van der Waals surface area contributed by atoms with E-state index in [2.05, 4.69) is 65.2 Å². The van der Waals surface area contributed by atoms with Crippen molar-refractivity contribution in [3.63, 3.8) is 0 Å². The maximum atomic E-state index is 4.55. The molecular weight excluding hydrogens is 234 g/mol. The lowest BCUT2D eigenvalue weighted by Crippen LogP contribution is -2.25. The Bertz CT molecular complexity index is 490. The van der Waals surface area contributed by atoms with Crippen molar-refractivity contribution < 1.29 is 0 Å². The SMILES string of the molecule is CCCn1ccnc1C(NC)C(C)c1ccccc1. The predicted molar refractivity (Wildman–Crippen MR) is 79.2 cm³/mol. The lowest BCUT2D eigenvalue weighted by Gasteiger charge is -2.24. The average Bonchev–Trinajstić information content (AvgIpc) is 2.89. The van der Waals surface area contributed by atoms with Crippen LogP contribution in [0, 0.1) is 0 Å². The number of benzene rings is 1. The van der Waals surface area contributed by atoms with Gasteiger partial charge in [0.15, 0.2) is 0 Å². The molecule has 0 aliphatic carbocycles. The van der Waals surface area contributed by atoms with Crippen molar-refractivity contribution in [1.82, 2.24) is 14.9 Å². The Morgan fingerprint density at radius 2 is 2.00 bits per heavy atom. The van der Waals surface area contributed by atoms with E-state index >= 15 is 0 Å². The number of nitrogens with zero attached hydrogens (tertiary/aromatic N) is 2. The van der Waals surface area contributed by atoms with Gasteiger partial charge in [0.05, 0.1) is 6.04 Å². The molecule has 2 rings (SSSR count). The van der Waals surface area contributed by atoms with Crippen LogP contribution in [0.25, 0.3) is 0 Å². The first kappa shape index (κ1) is 13.8. The highest BCUT2D eigenvalue weighted by molar-refractivity contribution is 5.22. The third-order valence-electron chi connectivity index (χ3n) is 3.63. The molecule has 0 saturated carbocycles. The zero-order valence-electron chi connectivity index (χ0n) is 12.0. The molecule has 0 amide bonds. The molecule has 3 nitrogen and oxygen atoms in total. The summed E-state index contributed by atoms with van der Waals surface area (Å²) in [6.45, 7) is 5.47. The number of nitrogens with one attached hydrogen (secondary N) is 1. The third kappa shape index (κ3) is 3.04. The van der Waals surface area contributed by atoms with E-state index in [0.29, 0.717) is 5.92 Å². The first-order valence-electron chi connectivity index (χ1n) is 7.01. The van der Waals surface area contributed by atoms with Crippen LogP contribution >= 0.6 is 0 Å². The Morgan fingerprint density at radius 3 is 2.63 bits per heavy atom. The largest absolute Gasteiger partial charge is 0.334 e. The van der Waals surface area contributed by atoms with Gasteiger partial charge in [-0.3, -0.25) is 0 Å². The van der Waals surface area contributed by atoms with Crippen LogP contribution in [0.2, 0.25) is 0 Å². The molecule has 2 atom stereocenters. The number of rotatable bonds is 6. The second-order valence-electron chi connectivity index (χ2n) is 4.94. The number of aromatic nitrogens is 2. The van der Waals surface area contributed by atoms with Crippen LogP contribution in [0.3, 0.4) is 0 Å². The monoisotopic (exact) mass is 257 g/mol. The molecule has 0 spiro atoms. The summed E-state index contributed by atoms with van der Waals surface area (Å²) in [6, 6.07) is 10.9. The summed E-state index contributed by atoms with van der Waals surface area (Å²) in [5, 5.41) is 3.42. The van der Waals surface area contributed by atoms with Crippen LogP contribution in [0.15, 0.2) is 42.7 Å². The van der Waals surface area contributed by atoms with Crippen LogP contribution in [-0.4, -0.2) is 16.6 Å². The maximum Gasteiger partial charge on any atom is 0.126 e. The van der Waals surface area contributed by atoms with E-state index in [1.807, 2.05) is 13.2 Å². The van der Waals surface area contributed by atoms with Crippen molar-refractivity contribution >= 4 is 0 Å². The third-order valence-corrected chi connectivity index (χ3v) is 3.63. The van der Waals surface area contributed by atoms with Crippen molar-refractivity contribution in [2.45, 2.75) is 38.8 Å². The number of imidazole rings is 1. The lowest BCUT2D eigenvalue weighted by molar-refractivity contribution is 0.456. The fraction of sp³-hybridized carbons (Fsp3) is 0.438. The zero-order valence-corrected chi connectivity index (χ0v) is 12.0. The molecule has 0 aliphatic heterocycles. The summed E-state index contributed by atoms with van der Waals surface area (Å²) in [6.07, 6.45) is 5.09. The highest BCUT2D eigenvalue weighted by Gasteiger charge is 2.22. The quantitative estimate of drug-likeness (QED) is 0.860. The van der Waals surface area contributed by atoms with Crippen LogP contribution in [0.5, 0.6) is 0 Å². The van der Waals surface area contributed by atoms with Gasteiger partial charge in [0.2, 0.25) is 0 Å². The molecule has 0 fully saturated rings. The molecule has 1 aromatic heterocycles. The van der Waals surface area contributed by atoms with Crippen molar-refractivity contribution in [3.8, 4) is 0 Å². The van der Waals surface area contributed by atoms with Crippen molar-refractivity contribution in [3.05, 3.63) is 54.1 Å². The molecule has 1 heterocycles. The van der Waals surface area contributed by atoms with Gasteiger partial charge in [-0.25, -0.2) is 4.98 Å². The van der Waals surface area contributed by atoms with Gasteiger partial charge in [-0.15, -0.1) is 0 Å². The molecule has 3 heteroatoms. The van der Waals surface area contributed by atoms with E-state index < -0.39 is 0 Å². The lowest BCUT2D eigenvalue weighted by atomic mass is 9.93. The second-order valence-corrected chi connectivity index (χ2v) is 4.94. The van der Waals surface area contributed by atoms with E-state index in [1.165, 1.54) is 5.56 Å². The first-order valence-corrected chi connectivity index (χ1v) is 7.01. The van der Waals surface area contributed by atoms with E-state index in [9.17, 15) is 0 Å². The van der Waals surface area contributed by atoms with Crippen molar-refractivity contribution in [2.75, 3.05) is 7.05 Å². The fourth-order valence-electron chi connectivity index (χ4n) is 2.58. The van der Waals surface area contributed by atoms with Gasteiger partial charge in [0.25, 0.3) is 0 Å². The average molecular weight is 257 g/mol. The topological polar surface area (TPSA) is 29.9 Å². The van der Waals surface area contributed by atoms with Gasteiger partial charge in [0, 0.05) is 24.9 Å². The highest BCUT2D eigenvalue weighted by atomic mass is 15.1.